The Hall–Kier alpha value is -0.180. The van der Waals surface area contributed by atoms with E-state index in [2.05, 4.69) is 31.4 Å². The van der Waals surface area contributed by atoms with Gasteiger partial charge in [0.2, 0.25) is 0 Å². The summed E-state index contributed by atoms with van der Waals surface area (Å²) in [7, 11) is 2.07. The molecule has 1 aromatic rings. The van der Waals surface area contributed by atoms with Gasteiger partial charge in [-0.3, -0.25) is 0 Å². The molecule has 16 heavy (non-hydrogen) atoms. The van der Waals surface area contributed by atoms with E-state index in [1.54, 1.807) is 0 Å². The van der Waals surface area contributed by atoms with E-state index in [-0.39, 0.29) is 0 Å². The maximum atomic E-state index is 5.88. The zero-order valence-electron chi connectivity index (χ0n) is 9.74. The standard InChI is InChI=1S/C13H18ClNS/c1-9-12(15-2)7-8-13(9)16-11-5-3-10(14)4-6-11/h3-6,9,12-13,15H,7-8H2,1-2H3. The van der Waals surface area contributed by atoms with Crippen molar-refractivity contribution in [2.75, 3.05) is 7.05 Å². The van der Waals surface area contributed by atoms with Crippen LogP contribution < -0.4 is 5.32 Å². The average Bonchev–Trinajstić information content (AvgIpc) is 2.63. The smallest absolute Gasteiger partial charge is 0.0406 e. The minimum Gasteiger partial charge on any atom is -0.317 e. The van der Waals surface area contributed by atoms with Gasteiger partial charge in [0.15, 0.2) is 0 Å². The van der Waals surface area contributed by atoms with Crippen molar-refractivity contribution in [2.45, 2.75) is 36.0 Å². The molecule has 3 unspecified atom stereocenters. The molecule has 0 radical (unpaired) electrons. The van der Waals surface area contributed by atoms with Crippen molar-refractivity contribution in [3.63, 3.8) is 0 Å². The van der Waals surface area contributed by atoms with E-state index in [0.29, 0.717) is 6.04 Å². The van der Waals surface area contributed by atoms with Gasteiger partial charge in [0.1, 0.15) is 0 Å². The lowest BCUT2D eigenvalue weighted by atomic mass is 10.1. The summed E-state index contributed by atoms with van der Waals surface area (Å²) >= 11 is 7.87. The van der Waals surface area contributed by atoms with Crippen molar-refractivity contribution in [1.82, 2.24) is 5.32 Å². The molecule has 2 rings (SSSR count). The van der Waals surface area contributed by atoms with Gasteiger partial charge in [0, 0.05) is 21.2 Å². The van der Waals surface area contributed by atoms with Gasteiger partial charge >= 0.3 is 0 Å². The highest BCUT2D eigenvalue weighted by Crippen LogP contribution is 2.38. The maximum absolute atomic E-state index is 5.88. The molecule has 88 valence electrons. The Morgan fingerprint density at radius 2 is 1.94 bits per heavy atom. The van der Waals surface area contributed by atoms with E-state index in [0.717, 1.165) is 16.2 Å². The zero-order valence-corrected chi connectivity index (χ0v) is 11.3. The van der Waals surface area contributed by atoms with Crippen LogP contribution in [0.2, 0.25) is 5.02 Å². The second-order valence-electron chi connectivity index (χ2n) is 4.44. The highest BCUT2D eigenvalue weighted by Gasteiger charge is 2.32. The van der Waals surface area contributed by atoms with E-state index in [1.165, 1.54) is 17.7 Å². The molecule has 0 bridgehead atoms. The number of benzene rings is 1. The van der Waals surface area contributed by atoms with Crippen molar-refractivity contribution >= 4 is 23.4 Å². The first-order valence-electron chi connectivity index (χ1n) is 5.80. The highest BCUT2D eigenvalue weighted by atomic mass is 35.5. The summed E-state index contributed by atoms with van der Waals surface area (Å²) in [6, 6.07) is 8.86. The monoisotopic (exact) mass is 255 g/mol. The van der Waals surface area contributed by atoms with Crippen LogP contribution in [0.3, 0.4) is 0 Å². The van der Waals surface area contributed by atoms with Crippen molar-refractivity contribution in [3.8, 4) is 0 Å². The number of halogens is 1. The van der Waals surface area contributed by atoms with E-state index >= 15 is 0 Å². The van der Waals surface area contributed by atoms with E-state index in [1.807, 2.05) is 23.9 Å². The number of rotatable bonds is 3. The Bertz CT molecular complexity index is 338. The van der Waals surface area contributed by atoms with Crippen LogP contribution in [-0.2, 0) is 0 Å². The van der Waals surface area contributed by atoms with E-state index in [9.17, 15) is 0 Å². The van der Waals surface area contributed by atoms with Gasteiger partial charge in [-0.1, -0.05) is 18.5 Å². The first kappa shape index (κ1) is 12.3. The summed E-state index contributed by atoms with van der Waals surface area (Å²) in [5.74, 6) is 0.741. The Morgan fingerprint density at radius 1 is 1.25 bits per heavy atom. The molecule has 1 nitrogen and oxygen atoms in total. The molecule has 1 aliphatic rings. The second-order valence-corrected chi connectivity index (χ2v) is 6.19. The Kier molecular flexibility index (Phi) is 4.17. The summed E-state index contributed by atoms with van der Waals surface area (Å²) in [6.07, 6.45) is 2.60. The van der Waals surface area contributed by atoms with Crippen LogP contribution in [0.15, 0.2) is 29.2 Å². The van der Waals surface area contributed by atoms with Gasteiger partial charge in [-0.05, 0) is 50.1 Å². The normalized spacial score (nSPS) is 29.6. The van der Waals surface area contributed by atoms with Gasteiger partial charge in [-0.2, -0.15) is 0 Å². The third-order valence-electron chi connectivity index (χ3n) is 3.46. The molecule has 0 aromatic heterocycles. The Labute approximate surface area is 107 Å². The molecule has 0 spiro atoms. The molecule has 1 N–H and O–H groups in total. The largest absolute Gasteiger partial charge is 0.317 e. The first-order chi connectivity index (χ1) is 7.70. The average molecular weight is 256 g/mol. The van der Waals surface area contributed by atoms with Crippen LogP contribution in [-0.4, -0.2) is 18.3 Å². The van der Waals surface area contributed by atoms with Gasteiger partial charge < -0.3 is 5.32 Å². The minimum atomic E-state index is 0.685. The molecule has 0 amide bonds. The molecule has 3 atom stereocenters. The van der Waals surface area contributed by atoms with E-state index in [4.69, 9.17) is 11.6 Å². The van der Waals surface area contributed by atoms with Crippen LogP contribution in [0.25, 0.3) is 0 Å². The zero-order chi connectivity index (χ0) is 11.5. The SMILES string of the molecule is CNC1CCC(Sc2ccc(Cl)cc2)C1C. The topological polar surface area (TPSA) is 12.0 Å². The molecule has 0 aliphatic heterocycles. The van der Waals surface area contributed by atoms with Crippen LogP contribution >= 0.6 is 23.4 Å². The Balaban J connectivity index is 1.98. The number of hydrogen-bond acceptors (Lipinski definition) is 2. The fourth-order valence-corrected chi connectivity index (χ4v) is 3.82. The molecular formula is C13H18ClNS. The minimum absolute atomic E-state index is 0.685. The molecular weight excluding hydrogens is 238 g/mol. The summed E-state index contributed by atoms with van der Waals surface area (Å²) in [6.45, 7) is 2.35. The quantitative estimate of drug-likeness (QED) is 0.881. The molecule has 0 saturated heterocycles. The number of nitrogens with one attached hydrogen (secondary N) is 1. The lowest BCUT2D eigenvalue weighted by Crippen LogP contribution is -2.29. The first-order valence-corrected chi connectivity index (χ1v) is 7.06. The molecule has 1 aromatic carbocycles. The lowest BCUT2D eigenvalue weighted by Gasteiger charge is -2.19. The predicted molar refractivity (Wildman–Crippen MR) is 72.3 cm³/mol. The van der Waals surface area contributed by atoms with Crippen molar-refractivity contribution in [1.29, 1.82) is 0 Å². The summed E-state index contributed by atoms with van der Waals surface area (Å²) in [5.41, 5.74) is 0. The van der Waals surface area contributed by atoms with Crippen LogP contribution in [0, 0.1) is 5.92 Å². The number of hydrogen-bond donors (Lipinski definition) is 1. The molecule has 0 heterocycles. The third-order valence-corrected chi connectivity index (χ3v) is 5.22. The summed E-state index contributed by atoms with van der Waals surface area (Å²) in [4.78, 5) is 1.33. The Morgan fingerprint density at radius 3 is 2.50 bits per heavy atom. The van der Waals surface area contributed by atoms with Crippen LogP contribution in [0.1, 0.15) is 19.8 Å². The molecule has 1 saturated carbocycles. The van der Waals surface area contributed by atoms with Gasteiger partial charge in [-0.15, -0.1) is 11.8 Å². The van der Waals surface area contributed by atoms with E-state index < -0.39 is 0 Å². The van der Waals surface area contributed by atoms with Crippen molar-refractivity contribution in [2.24, 2.45) is 5.92 Å². The summed E-state index contributed by atoms with van der Waals surface area (Å²) < 4.78 is 0. The van der Waals surface area contributed by atoms with Crippen LogP contribution in [0.5, 0.6) is 0 Å². The molecule has 3 heteroatoms. The maximum Gasteiger partial charge on any atom is 0.0406 e. The summed E-state index contributed by atoms with van der Waals surface area (Å²) in [5, 5.41) is 4.96. The fourth-order valence-electron chi connectivity index (χ4n) is 2.39. The lowest BCUT2D eigenvalue weighted by molar-refractivity contribution is 0.464. The third kappa shape index (κ3) is 2.73. The van der Waals surface area contributed by atoms with Crippen molar-refractivity contribution in [3.05, 3.63) is 29.3 Å². The van der Waals surface area contributed by atoms with Crippen LogP contribution in [0.4, 0.5) is 0 Å². The van der Waals surface area contributed by atoms with Crippen molar-refractivity contribution < 1.29 is 0 Å². The molecule has 1 aliphatic carbocycles. The number of thioether (sulfide) groups is 1. The predicted octanol–water partition coefficient (Wildman–Crippen LogP) is 3.82. The van der Waals surface area contributed by atoms with Gasteiger partial charge in [0.05, 0.1) is 0 Å². The molecule has 1 fully saturated rings. The fraction of sp³-hybridized carbons (Fsp3) is 0.538. The van der Waals surface area contributed by atoms with Gasteiger partial charge in [-0.25, -0.2) is 0 Å². The highest BCUT2D eigenvalue weighted by molar-refractivity contribution is 8.00. The van der Waals surface area contributed by atoms with Gasteiger partial charge in [0.25, 0.3) is 0 Å². The second kappa shape index (κ2) is 5.44.